The third kappa shape index (κ3) is 3.03. The molecule has 2 heterocycles. The van der Waals surface area contributed by atoms with Crippen LogP contribution in [0, 0.1) is 0 Å². The van der Waals surface area contributed by atoms with Crippen LogP contribution in [0.15, 0.2) is 30.5 Å². The molecule has 120 valence electrons. The highest BCUT2D eigenvalue weighted by Gasteiger charge is 2.28. The van der Waals surface area contributed by atoms with E-state index in [1.807, 2.05) is 11.0 Å². The highest BCUT2D eigenvalue weighted by atomic mass is 16.2. The van der Waals surface area contributed by atoms with Crippen LogP contribution in [0.3, 0.4) is 0 Å². The molecule has 0 saturated carbocycles. The number of fused-ring (bicyclic) bond motifs is 1. The van der Waals surface area contributed by atoms with E-state index in [0.29, 0.717) is 12.3 Å². The minimum Gasteiger partial charge on any atom is -0.342 e. The molecule has 2 aliphatic rings. The number of nitrogens with one attached hydrogen (secondary N) is 1. The lowest BCUT2D eigenvalue weighted by molar-refractivity contribution is -0.129. The fraction of sp³-hybridized carbons (Fsp3) is 0.474. The summed E-state index contributed by atoms with van der Waals surface area (Å²) in [7, 11) is 0. The molecule has 0 radical (unpaired) electrons. The molecule has 1 N–H and O–H groups in total. The number of nitrogens with zero attached hydrogens (tertiary/aromatic N) is 2. The van der Waals surface area contributed by atoms with Gasteiger partial charge < -0.3 is 4.90 Å². The summed E-state index contributed by atoms with van der Waals surface area (Å²) >= 11 is 0. The summed E-state index contributed by atoms with van der Waals surface area (Å²) in [6.07, 6.45) is 8.29. The number of H-pyrrole nitrogens is 1. The Morgan fingerprint density at radius 1 is 1.22 bits per heavy atom. The average Bonchev–Trinajstić information content (AvgIpc) is 3.26. The van der Waals surface area contributed by atoms with Crippen molar-refractivity contribution >= 4 is 5.91 Å². The predicted octanol–water partition coefficient (Wildman–Crippen LogP) is 2.85. The lowest BCUT2D eigenvalue weighted by Crippen LogP contribution is -2.30. The maximum atomic E-state index is 12.6. The van der Waals surface area contributed by atoms with Crippen molar-refractivity contribution in [1.29, 1.82) is 0 Å². The van der Waals surface area contributed by atoms with Crippen LogP contribution in [0.5, 0.6) is 0 Å². The molecule has 0 unspecified atom stereocenters. The Morgan fingerprint density at radius 3 is 2.91 bits per heavy atom. The minimum atomic E-state index is 0.253. The van der Waals surface area contributed by atoms with E-state index < -0.39 is 0 Å². The quantitative estimate of drug-likeness (QED) is 0.948. The van der Waals surface area contributed by atoms with Gasteiger partial charge in [0, 0.05) is 30.9 Å². The van der Waals surface area contributed by atoms with Crippen molar-refractivity contribution in [2.75, 3.05) is 13.1 Å². The molecule has 1 amide bonds. The van der Waals surface area contributed by atoms with Gasteiger partial charge in [0.1, 0.15) is 0 Å². The van der Waals surface area contributed by atoms with Crippen molar-refractivity contribution in [2.45, 2.75) is 44.4 Å². The molecule has 0 bridgehead atoms. The second-order valence-corrected chi connectivity index (χ2v) is 6.82. The van der Waals surface area contributed by atoms with E-state index in [4.69, 9.17) is 0 Å². The number of hydrogen-bond donors (Lipinski definition) is 1. The normalized spacial score (nSPS) is 20.5. The van der Waals surface area contributed by atoms with E-state index in [2.05, 4.69) is 28.4 Å². The van der Waals surface area contributed by atoms with E-state index in [0.717, 1.165) is 25.2 Å². The summed E-state index contributed by atoms with van der Waals surface area (Å²) in [5.41, 5.74) is 5.25. The van der Waals surface area contributed by atoms with Crippen LogP contribution in [0.1, 0.15) is 47.6 Å². The van der Waals surface area contributed by atoms with Gasteiger partial charge in [0.05, 0.1) is 6.42 Å². The van der Waals surface area contributed by atoms with Crippen LogP contribution >= 0.6 is 0 Å². The van der Waals surface area contributed by atoms with Crippen molar-refractivity contribution < 1.29 is 4.79 Å². The molecular formula is C19H23N3O. The predicted molar refractivity (Wildman–Crippen MR) is 89.3 cm³/mol. The van der Waals surface area contributed by atoms with Gasteiger partial charge in [-0.15, -0.1) is 0 Å². The molecule has 1 aliphatic carbocycles. The van der Waals surface area contributed by atoms with Gasteiger partial charge >= 0.3 is 0 Å². The lowest BCUT2D eigenvalue weighted by Gasteiger charge is -2.19. The summed E-state index contributed by atoms with van der Waals surface area (Å²) in [5.74, 6) is 0.660. The second kappa shape index (κ2) is 6.19. The summed E-state index contributed by atoms with van der Waals surface area (Å²) in [5, 5.41) is 7.05. The summed E-state index contributed by atoms with van der Waals surface area (Å²) in [6.45, 7) is 1.67. The van der Waals surface area contributed by atoms with Gasteiger partial charge in [0.15, 0.2) is 0 Å². The maximum Gasteiger partial charge on any atom is 0.227 e. The van der Waals surface area contributed by atoms with Gasteiger partial charge in [-0.3, -0.25) is 9.89 Å². The molecule has 1 atom stereocenters. The molecule has 1 aromatic carbocycles. The highest BCUT2D eigenvalue weighted by molar-refractivity contribution is 5.79. The number of likely N-dealkylation sites (tertiary alicyclic amines) is 1. The monoisotopic (exact) mass is 309 g/mol. The number of aryl methyl sites for hydroxylation is 2. The molecule has 1 saturated heterocycles. The Labute approximate surface area is 136 Å². The summed E-state index contributed by atoms with van der Waals surface area (Å²) in [4.78, 5) is 14.6. The zero-order chi connectivity index (χ0) is 15.6. The van der Waals surface area contributed by atoms with Gasteiger partial charge in [-0.25, -0.2) is 0 Å². The first kappa shape index (κ1) is 14.5. The number of carbonyl (C=O) groups excluding carboxylic acids is 1. The lowest BCUT2D eigenvalue weighted by atomic mass is 9.90. The smallest absolute Gasteiger partial charge is 0.227 e. The van der Waals surface area contributed by atoms with Crippen molar-refractivity contribution in [3.8, 4) is 0 Å². The SMILES string of the molecule is O=C(Cc1ccc2c(c1)CCCC2)N1CC[C@@H](c2ccn[nH]2)C1. The van der Waals surface area contributed by atoms with E-state index in [1.54, 1.807) is 6.20 Å². The Morgan fingerprint density at radius 2 is 2.09 bits per heavy atom. The largest absolute Gasteiger partial charge is 0.342 e. The number of rotatable bonds is 3. The molecular weight excluding hydrogens is 286 g/mol. The third-order valence-electron chi connectivity index (χ3n) is 5.27. The molecule has 1 aliphatic heterocycles. The molecule has 1 aromatic heterocycles. The topological polar surface area (TPSA) is 49.0 Å². The molecule has 0 spiro atoms. The maximum absolute atomic E-state index is 12.6. The standard InChI is InChI=1S/C19H23N3O/c23-19(22-10-8-17(13-22)18-7-9-20-21-18)12-14-5-6-15-3-1-2-4-16(15)11-14/h5-7,9,11,17H,1-4,8,10,12-13H2,(H,20,21)/t17-/m1/s1. The zero-order valence-electron chi connectivity index (χ0n) is 13.4. The summed E-state index contributed by atoms with van der Waals surface area (Å²) in [6, 6.07) is 8.65. The van der Waals surface area contributed by atoms with Gasteiger partial charge in [-0.2, -0.15) is 5.10 Å². The molecule has 1 fully saturated rings. The van der Waals surface area contributed by atoms with Crippen molar-refractivity contribution in [3.63, 3.8) is 0 Å². The zero-order valence-corrected chi connectivity index (χ0v) is 13.4. The van der Waals surface area contributed by atoms with Gasteiger partial charge in [0.25, 0.3) is 0 Å². The van der Waals surface area contributed by atoms with E-state index in [9.17, 15) is 4.79 Å². The third-order valence-corrected chi connectivity index (χ3v) is 5.27. The number of aromatic amines is 1. The van der Waals surface area contributed by atoms with Crippen LogP contribution in [0.4, 0.5) is 0 Å². The van der Waals surface area contributed by atoms with Crippen LogP contribution in [-0.4, -0.2) is 34.1 Å². The van der Waals surface area contributed by atoms with Crippen LogP contribution in [-0.2, 0) is 24.1 Å². The van der Waals surface area contributed by atoms with E-state index in [-0.39, 0.29) is 5.91 Å². The number of benzene rings is 1. The molecule has 23 heavy (non-hydrogen) atoms. The van der Waals surface area contributed by atoms with Crippen LogP contribution < -0.4 is 0 Å². The van der Waals surface area contributed by atoms with Gasteiger partial charge in [-0.1, -0.05) is 18.2 Å². The Balaban J connectivity index is 1.40. The number of carbonyl (C=O) groups is 1. The first-order chi connectivity index (χ1) is 11.3. The van der Waals surface area contributed by atoms with Gasteiger partial charge in [-0.05, 0) is 54.9 Å². The molecule has 4 heteroatoms. The second-order valence-electron chi connectivity index (χ2n) is 6.82. The molecule has 2 aromatic rings. The Bertz CT molecular complexity index is 693. The first-order valence-electron chi connectivity index (χ1n) is 8.67. The van der Waals surface area contributed by atoms with E-state index in [1.165, 1.54) is 42.4 Å². The average molecular weight is 309 g/mol. The van der Waals surface area contributed by atoms with Crippen molar-refractivity contribution in [1.82, 2.24) is 15.1 Å². The van der Waals surface area contributed by atoms with Crippen molar-refractivity contribution in [2.24, 2.45) is 0 Å². The molecule has 4 rings (SSSR count). The fourth-order valence-corrected chi connectivity index (χ4v) is 3.92. The fourth-order valence-electron chi connectivity index (χ4n) is 3.92. The number of aromatic nitrogens is 2. The minimum absolute atomic E-state index is 0.253. The van der Waals surface area contributed by atoms with Crippen LogP contribution in [0.25, 0.3) is 0 Å². The number of hydrogen-bond acceptors (Lipinski definition) is 2. The van der Waals surface area contributed by atoms with Crippen molar-refractivity contribution in [3.05, 3.63) is 52.8 Å². The Hall–Kier alpha value is -2.10. The number of amides is 1. The Kier molecular flexibility index (Phi) is 3.90. The van der Waals surface area contributed by atoms with E-state index >= 15 is 0 Å². The van der Waals surface area contributed by atoms with Crippen LogP contribution in [0.2, 0.25) is 0 Å². The van der Waals surface area contributed by atoms with Gasteiger partial charge in [0.2, 0.25) is 5.91 Å². The first-order valence-corrected chi connectivity index (χ1v) is 8.67. The molecule has 4 nitrogen and oxygen atoms in total. The highest BCUT2D eigenvalue weighted by Crippen LogP contribution is 2.27. The summed E-state index contributed by atoms with van der Waals surface area (Å²) < 4.78 is 0.